The Morgan fingerprint density at radius 3 is 2.72 bits per heavy atom. The molecule has 1 rings (SSSR count). The molecule has 0 aromatic carbocycles. The molecule has 0 aliphatic carbocycles. The highest BCUT2D eigenvalue weighted by Gasteiger charge is 2.10. The van der Waals surface area contributed by atoms with Crippen molar-refractivity contribution in [3.63, 3.8) is 0 Å². The van der Waals surface area contributed by atoms with Gasteiger partial charge in [0.05, 0.1) is 6.42 Å². The zero-order valence-electron chi connectivity index (χ0n) is 10.7. The molecule has 0 saturated heterocycles. The van der Waals surface area contributed by atoms with E-state index in [0.717, 1.165) is 12.0 Å². The molecule has 0 aliphatic heterocycles. The fraction of sp³-hybridized carbons (Fsp3) is 0.583. The monoisotopic (exact) mass is 253 g/mol. The van der Waals surface area contributed by atoms with Crippen molar-refractivity contribution in [2.75, 3.05) is 13.2 Å². The molecule has 1 heterocycles. The lowest BCUT2D eigenvalue weighted by molar-refractivity contribution is -0.120. The van der Waals surface area contributed by atoms with E-state index in [1.165, 1.54) is 0 Å². The zero-order chi connectivity index (χ0) is 13.5. The summed E-state index contributed by atoms with van der Waals surface area (Å²) in [5.41, 5.74) is 1.63. The molecule has 1 amide bonds. The van der Waals surface area contributed by atoms with E-state index in [-0.39, 0.29) is 18.9 Å². The summed E-state index contributed by atoms with van der Waals surface area (Å²) >= 11 is 0. The Morgan fingerprint density at radius 1 is 1.39 bits per heavy atom. The summed E-state index contributed by atoms with van der Waals surface area (Å²) in [6.07, 6.45) is 1.64. The number of unbranched alkanes of at least 4 members (excludes halogenated alkanes) is 1. The van der Waals surface area contributed by atoms with Crippen LogP contribution in [0.25, 0.3) is 0 Å². The van der Waals surface area contributed by atoms with Crippen LogP contribution in [0.2, 0.25) is 0 Å². The Hall–Kier alpha value is -1.69. The normalized spacial score (nSPS) is 10.4. The summed E-state index contributed by atoms with van der Waals surface area (Å²) in [7, 11) is 0. The van der Waals surface area contributed by atoms with Crippen LogP contribution in [0.3, 0.4) is 0 Å². The van der Waals surface area contributed by atoms with Crippen molar-refractivity contribution in [2.45, 2.75) is 33.1 Å². The van der Waals surface area contributed by atoms with Gasteiger partial charge in [0.15, 0.2) is 0 Å². The standard InChI is InChI=1S/C12H19N3O3/c1-8-10(9(2)15-12(18)14-8)7-11(17)13-5-3-4-6-16/h16H,3-7H2,1-2H3,(H,13,17)(H,14,15,18). The Balaban J connectivity index is 2.57. The van der Waals surface area contributed by atoms with Gasteiger partial charge in [0.2, 0.25) is 5.91 Å². The number of aromatic nitrogens is 2. The average Bonchev–Trinajstić information content (AvgIpc) is 2.29. The lowest BCUT2D eigenvalue weighted by Gasteiger charge is -2.08. The number of H-pyrrole nitrogens is 1. The molecule has 6 heteroatoms. The number of nitrogens with one attached hydrogen (secondary N) is 2. The van der Waals surface area contributed by atoms with E-state index < -0.39 is 5.69 Å². The maximum Gasteiger partial charge on any atom is 0.345 e. The van der Waals surface area contributed by atoms with Gasteiger partial charge in [-0.3, -0.25) is 4.79 Å². The molecule has 0 radical (unpaired) electrons. The number of carbonyl (C=O) groups is 1. The van der Waals surface area contributed by atoms with Gasteiger partial charge in [-0.2, -0.15) is 4.98 Å². The zero-order valence-corrected chi connectivity index (χ0v) is 10.7. The van der Waals surface area contributed by atoms with Gasteiger partial charge >= 0.3 is 5.69 Å². The van der Waals surface area contributed by atoms with E-state index in [2.05, 4.69) is 15.3 Å². The molecule has 18 heavy (non-hydrogen) atoms. The third kappa shape index (κ3) is 4.29. The van der Waals surface area contributed by atoms with Gasteiger partial charge < -0.3 is 15.4 Å². The first-order valence-corrected chi connectivity index (χ1v) is 5.98. The quantitative estimate of drug-likeness (QED) is 0.613. The minimum absolute atomic E-state index is 0.104. The van der Waals surface area contributed by atoms with Crippen LogP contribution in [0.15, 0.2) is 4.79 Å². The van der Waals surface area contributed by atoms with Crippen molar-refractivity contribution in [1.82, 2.24) is 15.3 Å². The second-order valence-corrected chi connectivity index (χ2v) is 4.19. The molecule has 0 aliphatic rings. The summed E-state index contributed by atoms with van der Waals surface area (Å²) in [4.78, 5) is 29.1. The third-order valence-corrected chi connectivity index (χ3v) is 2.70. The largest absolute Gasteiger partial charge is 0.396 e. The van der Waals surface area contributed by atoms with Gasteiger partial charge in [-0.05, 0) is 26.7 Å². The van der Waals surface area contributed by atoms with Crippen molar-refractivity contribution >= 4 is 5.91 Å². The minimum atomic E-state index is -0.392. The highest BCUT2D eigenvalue weighted by atomic mass is 16.3. The lowest BCUT2D eigenvalue weighted by atomic mass is 10.1. The second-order valence-electron chi connectivity index (χ2n) is 4.19. The van der Waals surface area contributed by atoms with Crippen LogP contribution >= 0.6 is 0 Å². The summed E-state index contributed by atoms with van der Waals surface area (Å²) in [5.74, 6) is -0.104. The molecule has 0 spiro atoms. The minimum Gasteiger partial charge on any atom is -0.396 e. The second kappa shape index (κ2) is 6.90. The van der Waals surface area contributed by atoms with E-state index in [1.807, 2.05) is 0 Å². The molecule has 0 atom stereocenters. The predicted molar refractivity (Wildman–Crippen MR) is 67.4 cm³/mol. The van der Waals surface area contributed by atoms with Crippen LogP contribution in [-0.2, 0) is 11.2 Å². The molecule has 0 unspecified atom stereocenters. The molecular weight excluding hydrogens is 234 g/mol. The number of amides is 1. The SMILES string of the molecule is Cc1nc(=O)[nH]c(C)c1CC(=O)NCCCCO. The van der Waals surface area contributed by atoms with E-state index in [0.29, 0.717) is 24.4 Å². The summed E-state index contributed by atoms with van der Waals surface area (Å²) in [6, 6.07) is 0. The van der Waals surface area contributed by atoms with Crippen molar-refractivity contribution in [3.05, 3.63) is 27.4 Å². The highest BCUT2D eigenvalue weighted by Crippen LogP contribution is 2.07. The molecule has 6 nitrogen and oxygen atoms in total. The van der Waals surface area contributed by atoms with Gasteiger partial charge in [-0.15, -0.1) is 0 Å². The number of aryl methyl sites for hydroxylation is 2. The highest BCUT2D eigenvalue weighted by molar-refractivity contribution is 5.78. The van der Waals surface area contributed by atoms with Gasteiger partial charge in [0, 0.05) is 30.1 Å². The molecule has 0 bridgehead atoms. The maximum atomic E-state index is 11.7. The smallest absolute Gasteiger partial charge is 0.345 e. The topological polar surface area (TPSA) is 95.1 Å². The summed E-state index contributed by atoms with van der Waals surface area (Å²) in [5, 5.41) is 11.4. The average molecular weight is 253 g/mol. The van der Waals surface area contributed by atoms with Crippen molar-refractivity contribution in [2.24, 2.45) is 0 Å². The van der Waals surface area contributed by atoms with Gasteiger partial charge in [0.25, 0.3) is 0 Å². The number of rotatable bonds is 6. The Morgan fingerprint density at radius 2 is 2.11 bits per heavy atom. The number of aliphatic hydroxyl groups is 1. The van der Waals surface area contributed by atoms with Gasteiger partial charge in [-0.1, -0.05) is 0 Å². The van der Waals surface area contributed by atoms with Crippen LogP contribution in [0.4, 0.5) is 0 Å². The fourth-order valence-electron chi connectivity index (χ4n) is 1.70. The molecule has 0 fully saturated rings. The van der Waals surface area contributed by atoms with Crippen LogP contribution in [0.1, 0.15) is 29.8 Å². The summed E-state index contributed by atoms with van der Waals surface area (Å²) in [6.45, 7) is 4.16. The Labute approximate surface area is 105 Å². The summed E-state index contributed by atoms with van der Waals surface area (Å²) < 4.78 is 0. The number of aliphatic hydroxyl groups excluding tert-OH is 1. The van der Waals surface area contributed by atoms with Crippen molar-refractivity contribution in [1.29, 1.82) is 0 Å². The first-order valence-electron chi connectivity index (χ1n) is 5.98. The van der Waals surface area contributed by atoms with Crippen LogP contribution in [0.5, 0.6) is 0 Å². The fourth-order valence-corrected chi connectivity index (χ4v) is 1.70. The first kappa shape index (κ1) is 14.4. The first-order chi connectivity index (χ1) is 8.54. The van der Waals surface area contributed by atoms with E-state index in [9.17, 15) is 9.59 Å². The molecular formula is C12H19N3O3. The maximum absolute atomic E-state index is 11.7. The number of hydrogen-bond acceptors (Lipinski definition) is 4. The van der Waals surface area contributed by atoms with Crippen LogP contribution < -0.4 is 11.0 Å². The molecule has 0 saturated carbocycles. The van der Waals surface area contributed by atoms with Crippen LogP contribution in [0, 0.1) is 13.8 Å². The van der Waals surface area contributed by atoms with Crippen LogP contribution in [-0.4, -0.2) is 34.1 Å². The Kier molecular flexibility index (Phi) is 5.51. The number of hydrogen-bond donors (Lipinski definition) is 3. The van der Waals surface area contributed by atoms with Gasteiger partial charge in [-0.25, -0.2) is 4.79 Å². The molecule has 1 aromatic rings. The van der Waals surface area contributed by atoms with Crippen molar-refractivity contribution in [3.8, 4) is 0 Å². The van der Waals surface area contributed by atoms with E-state index in [4.69, 9.17) is 5.11 Å². The van der Waals surface area contributed by atoms with E-state index >= 15 is 0 Å². The number of aromatic amines is 1. The molecule has 1 aromatic heterocycles. The molecule has 100 valence electrons. The van der Waals surface area contributed by atoms with Crippen molar-refractivity contribution < 1.29 is 9.90 Å². The number of nitrogens with zero attached hydrogens (tertiary/aromatic N) is 1. The number of carbonyl (C=O) groups excluding carboxylic acids is 1. The van der Waals surface area contributed by atoms with Gasteiger partial charge in [0.1, 0.15) is 0 Å². The van der Waals surface area contributed by atoms with E-state index in [1.54, 1.807) is 13.8 Å². The lowest BCUT2D eigenvalue weighted by Crippen LogP contribution is -2.28. The molecule has 3 N–H and O–H groups in total. The predicted octanol–water partition coefficient (Wildman–Crippen LogP) is -0.182. The Bertz CT molecular complexity index is 442. The third-order valence-electron chi connectivity index (χ3n) is 2.70.